The molecule has 1 fully saturated rings. The van der Waals surface area contributed by atoms with Gasteiger partial charge in [0.2, 0.25) is 0 Å². The van der Waals surface area contributed by atoms with Crippen LogP contribution in [0.4, 0.5) is 0 Å². The van der Waals surface area contributed by atoms with Gasteiger partial charge in [-0.25, -0.2) is 0 Å². The molecule has 3 heterocycles. The minimum atomic E-state index is 0.0472. The van der Waals surface area contributed by atoms with Crippen LogP contribution in [0.2, 0.25) is 0 Å². The van der Waals surface area contributed by atoms with Gasteiger partial charge in [0.25, 0.3) is 0 Å². The lowest BCUT2D eigenvalue weighted by Gasteiger charge is -2.37. The summed E-state index contributed by atoms with van der Waals surface area (Å²) in [5, 5.41) is 12.5. The number of rotatable bonds is 6. The first kappa shape index (κ1) is 18.1. The summed E-state index contributed by atoms with van der Waals surface area (Å²) in [6.45, 7) is 2.77. The van der Waals surface area contributed by atoms with Crippen molar-refractivity contribution in [3.8, 4) is 0 Å². The molecule has 0 saturated carbocycles. The van der Waals surface area contributed by atoms with Gasteiger partial charge in [-0.05, 0) is 40.9 Å². The highest BCUT2D eigenvalue weighted by molar-refractivity contribution is 5.90. The Balaban J connectivity index is 1.41. The molecule has 2 unspecified atom stereocenters. The first-order valence-corrected chi connectivity index (χ1v) is 10.1. The zero-order valence-corrected chi connectivity index (χ0v) is 16.3. The third-order valence-electron chi connectivity index (χ3n) is 5.65. The molecule has 5 rings (SSSR count). The summed E-state index contributed by atoms with van der Waals surface area (Å²) in [6, 6.07) is 20.8. The van der Waals surface area contributed by atoms with Crippen LogP contribution in [-0.2, 0) is 17.9 Å². The van der Waals surface area contributed by atoms with Crippen molar-refractivity contribution in [2.75, 3.05) is 13.2 Å². The van der Waals surface area contributed by atoms with Crippen molar-refractivity contribution < 1.29 is 4.74 Å². The van der Waals surface area contributed by atoms with E-state index in [9.17, 15) is 0 Å². The molecule has 2 atom stereocenters. The Bertz CT molecular complexity index is 971. The average molecular weight is 388 g/mol. The van der Waals surface area contributed by atoms with Crippen LogP contribution in [0.1, 0.15) is 35.8 Å². The maximum Gasteiger partial charge on any atom is 0.175 e. The molecule has 3 aromatic rings. The van der Waals surface area contributed by atoms with Crippen LogP contribution >= 0.6 is 0 Å². The molecule has 1 saturated heterocycles. The van der Waals surface area contributed by atoms with E-state index in [1.165, 1.54) is 11.1 Å². The van der Waals surface area contributed by atoms with Gasteiger partial charge in [-0.15, -0.1) is 5.10 Å². The predicted molar refractivity (Wildman–Crippen MR) is 109 cm³/mol. The predicted octanol–water partition coefficient (Wildman–Crippen LogP) is 2.86. The lowest BCUT2D eigenvalue weighted by molar-refractivity contribution is 0.0612. The number of hydrogen-bond donors (Lipinski definition) is 0. The maximum atomic E-state index is 6.14. The highest BCUT2D eigenvalue weighted by atomic mass is 16.5. The maximum absolute atomic E-state index is 6.14. The fourth-order valence-corrected chi connectivity index (χ4v) is 4.25. The van der Waals surface area contributed by atoms with Crippen molar-refractivity contribution in [1.29, 1.82) is 0 Å². The Morgan fingerprint density at radius 2 is 1.76 bits per heavy atom. The van der Waals surface area contributed by atoms with Crippen molar-refractivity contribution in [2.24, 2.45) is 4.99 Å². The zero-order chi connectivity index (χ0) is 19.5. The third kappa shape index (κ3) is 3.71. The van der Waals surface area contributed by atoms with Crippen LogP contribution in [-0.4, -0.2) is 50.1 Å². The van der Waals surface area contributed by atoms with E-state index >= 15 is 0 Å². The molecule has 0 bridgehead atoms. The van der Waals surface area contributed by atoms with Crippen LogP contribution in [0.5, 0.6) is 0 Å². The van der Waals surface area contributed by atoms with Gasteiger partial charge in [0.15, 0.2) is 5.82 Å². The smallest absolute Gasteiger partial charge is 0.175 e. The van der Waals surface area contributed by atoms with Gasteiger partial charge in [0.1, 0.15) is 5.84 Å². The second-order valence-electron chi connectivity index (χ2n) is 7.52. The standard InChI is InChI=1S/C22H24N6O/c1-3-8-17(9-4-1)14-23-21-20(16-29-15-18-10-5-2-6-11-18)27-13-7-12-19(27)22-24-25-26-28(21)22/h1-6,8-11,19-20H,7,12-16H2. The Morgan fingerprint density at radius 3 is 2.55 bits per heavy atom. The molecule has 0 aliphatic carbocycles. The number of hydrogen-bond acceptors (Lipinski definition) is 6. The quantitative estimate of drug-likeness (QED) is 0.650. The normalized spacial score (nSPS) is 22.6. The van der Waals surface area contributed by atoms with E-state index in [2.05, 4.69) is 44.7 Å². The average Bonchev–Trinajstić information content (AvgIpc) is 3.44. The molecule has 2 aliphatic heterocycles. The van der Waals surface area contributed by atoms with Crippen molar-refractivity contribution in [3.63, 3.8) is 0 Å². The fraction of sp³-hybridized carbons (Fsp3) is 0.364. The number of ether oxygens (including phenoxy) is 1. The summed E-state index contributed by atoms with van der Waals surface area (Å²) in [7, 11) is 0. The Hall–Kier alpha value is -2.90. The summed E-state index contributed by atoms with van der Waals surface area (Å²) < 4.78 is 7.98. The molecule has 0 radical (unpaired) electrons. The number of nitrogens with zero attached hydrogens (tertiary/aromatic N) is 6. The lowest BCUT2D eigenvalue weighted by atomic mass is 10.1. The summed E-state index contributed by atoms with van der Waals surface area (Å²) in [4.78, 5) is 7.41. The summed E-state index contributed by atoms with van der Waals surface area (Å²) in [5.74, 6) is 1.77. The Labute approximate surface area is 170 Å². The van der Waals surface area contributed by atoms with E-state index in [0.29, 0.717) is 19.8 Å². The van der Waals surface area contributed by atoms with Gasteiger partial charge in [-0.3, -0.25) is 9.89 Å². The minimum Gasteiger partial charge on any atom is -0.375 e. The van der Waals surface area contributed by atoms with E-state index in [1.807, 2.05) is 41.1 Å². The molecule has 2 aromatic carbocycles. The van der Waals surface area contributed by atoms with Crippen molar-refractivity contribution >= 4 is 5.84 Å². The van der Waals surface area contributed by atoms with Gasteiger partial charge in [0, 0.05) is 0 Å². The fourth-order valence-electron chi connectivity index (χ4n) is 4.25. The molecule has 7 heteroatoms. The number of aliphatic imine (C=N–C) groups is 1. The van der Waals surface area contributed by atoms with Crippen LogP contribution in [0, 0.1) is 0 Å². The molecule has 1 aromatic heterocycles. The number of tetrazole rings is 1. The molecule has 7 nitrogen and oxygen atoms in total. The second-order valence-corrected chi connectivity index (χ2v) is 7.52. The van der Waals surface area contributed by atoms with Crippen LogP contribution in [0.15, 0.2) is 65.7 Å². The largest absolute Gasteiger partial charge is 0.375 e. The van der Waals surface area contributed by atoms with Gasteiger partial charge >= 0.3 is 0 Å². The number of benzene rings is 2. The van der Waals surface area contributed by atoms with Gasteiger partial charge < -0.3 is 4.74 Å². The molecule has 0 amide bonds. The molecule has 148 valence electrons. The van der Waals surface area contributed by atoms with E-state index in [1.54, 1.807) is 0 Å². The lowest BCUT2D eigenvalue weighted by Crippen LogP contribution is -2.51. The molecule has 0 spiro atoms. The summed E-state index contributed by atoms with van der Waals surface area (Å²) in [6.07, 6.45) is 2.21. The SMILES string of the molecule is c1ccc(CN=C2C(COCc3ccccc3)N3CCCC3c3nnnn32)cc1. The molecular weight excluding hydrogens is 364 g/mol. The van der Waals surface area contributed by atoms with Crippen molar-refractivity contribution in [3.05, 3.63) is 77.6 Å². The second kappa shape index (κ2) is 8.23. The van der Waals surface area contributed by atoms with Crippen LogP contribution in [0.3, 0.4) is 0 Å². The molecule has 2 aliphatic rings. The molecular formula is C22H24N6O. The van der Waals surface area contributed by atoms with E-state index in [-0.39, 0.29) is 12.1 Å². The highest BCUT2D eigenvalue weighted by Crippen LogP contribution is 2.36. The van der Waals surface area contributed by atoms with Crippen molar-refractivity contribution in [1.82, 2.24) is 25.1 Å². The first-order valence-electron chi connectivity index (χ1n) is 10.1. The van der Waals surface area contributed by atoms with Gasteiger partial charge in [-0.1, -0.05) is 60.7 Å². The van der Waals surface area contributed by atoms with Gasteiger partial charge in [0.05, 0.1) is 31.8 Å². The van der Waals surface area contributed by atoms with E-state index < -0.39 is 0 Å². The Kier molecular flexibility index (Phi) is 5.15. The number of aromatic nitrogens is 4. The monoisotopic (exact) mass is 388 g/mol. The summed E-state index contributed by atoms with van der Waals surface area (Å²) >= 11 is 0. The zero-order valence-electron chi connectivity index (χ0n) is 16.3. The van der Waals surface area contributed by atoms with E-state index in [4.69, 9.17) is 9.73 Å². The highest BCUT2D eigenvalue weighted by Gasteiger charge is 2.43. The minimum absolute atomic E-state index is 0.0472. The number of fused-ring (bicyclic) bond motifs is 3. The summed E-state index contributed by atoms with van der Waals surface area (Å²) in [5.41, 5.74) is 2.34. The molecule has 0 N–H and O–H groups in total. The van der Waals surface area contributed by atoms with E-state index in [0.717, 1.165) is 31.0 Å². The molecule has 29 heavy (non-hydrogen) atoms. The van der Waals surface area contributed by atoms with Crippen molar-refractivity contribution in [2.45, 2.75) is 38.1 Å². The topological polar surface area (TPSA) is 68.4 Å². The first-order chi connectivity index (χ1) is 14.4. The van der Waals surface area contributed by atoms with Crippen LogP contribution in [0.25, 0.3) is 0 Å². The Morgan fingerprint density at radius 1 is 1.00 bits per heavy atom. The third-order valence-corrected chi connectivity index (χ3v) is 5.65. The van der Waals surface area contributed by atoms with Crippen LogP contribution < -0.4 is 0 Å². The van der Waals surface area contributed by atoms with Gasteiger partial charge in [-0.2, -0.15) is 4.68 Å².